The van der Waals surface area contributed by atoms with Gasteiger partial charge in [0.1, 0.15) is 16.5 Å². The Morgan fingerprint density at radius 1 is 1.00 bits per heavy atom. The fourth-order valence-corrected chi connectivity index (χ4v) is 5.21. The number of methoxy groups -OCH3 is 2. The molecule has 2 aromatic carbocycles. The molecule has 1 heterocycles. The van der Waals surface area contributed by atoms with Gasteiger partial charge >= 0.3 is 0 Å². The maximum absolute atomic E-state index is 13.3. The Morgan fingerprint density at radius 3 is 2.58 bits per heavy atom. The second-order valence-electron chi connectivity index (χ2n) is 7.72. The number of carbonyl (C=O) groups is 2. The Labute approximate surface area is 197 Å². The molecule has 3 aromatic rings. The molecule has 172 valence electrons. The van der Waals surface area contributed by atoms with Gasteiger partial charge in [-0.25, -0.2) is 0 Å². The first-order valence-electron chi connectivity index (χ1n) is 10.8. The number of nitrogens with one attached hydrogen (secondary N) is 3. The Kier molecular flexibility index (Phi) is 7.26. The number of aryl methyl sites for hydroxylation is 1. The number of amides is 2. The van der Waals surface area contributed by atoms with Gasteiger partial charge < -0.3 is 25.4 Å². The minimum atomic E-state index is -0.259. The molecule has 1 aliphatic carbocycles. The first-order valence-corrected chi connectivity index (χ1v) is 11.6. The quantitative estimate of drug-likeness (QED) is 0.440. The van der Waals surface area contributed by atoms with E-state index in [0.717, 1.165) is 35.3 Å². The second kappa shape index (κ2) is 10.5. The van der Waals surface area contributed by atoms with Gasteiger partial charge in [-0.2, -0.15) is 0 Å². The van der Waals surface area contributed by atoms with Crippen LogP contribution in [0.2, 0.25) is 0 Å². The van der Waals surface area contributed by atoms with E-state index in [4.69, 9.17) is 9.47 Å². The van der Waals surface area contributed by atoms with Crippen LogP contribution in [0.1, 0.15) is 32.8 Å². The number of carbonyl (C=O) groups excluding carboxylic acids is 2. The normalized spacial score (nSPS) is 12.2. The highest BCUT2D eigenvalue weighted by Gasteiger charge is 2.28. The zero-order valence-corrected chi connectivity index (χ0v) is 19.5. The van der Waals surface area contributed by atoms with Crippen LogP contribution in [0.25, 0.3) is 0 Å². The van der Waals surface area contributed by atoms with Gasteiger partial charge in [0, 0.05) is 17.5 Å². The van der Waals surface area contributed by atoms with Crippen molar-refractivity contribution in [2.45, 2.75) is 25.8 Å². The highest BCUT2D eigenvalue weighted by Crippen LogP contribution is 2.40. The summed E-state index contributed by atoms with van der Waals surface area (Å²) in [4.78, 5) is 27.1. The van der Waals surface area contributed by atoms with Gasteiger partial charge in [-0.3, -0.25) is 9.59 Å². The molecule has 3 N–H and O–H groups in total. The number of benzene rings is 2. The predicted octanol–water partition coefficient (Wildman–Crippen LogP) is 4.23. The third-order valence-corrected chi connectivity index (χ3v) is 6.72. The van der Waals surface area contributed by atoms with E-state index in [9.17, 15) is 9.59 Å². The number of hydrogen-bond donors (Lipinski definition) is 3. The van der Waals surface area contributed by atoms with Crippen molar-refractivity contribution in [3.63, 3.8) is 0 Å². The summed E-state index contributed by atoms with van der Waals surface area (Å²) in [7, 11) is 3.12. The first kappa shape index (κ1) is 22.8. The smallest absolute Gasteiger partial charge is 0.259 e. The Balaban J connectivity index is 1.47. The van der Waals surface area contributed by atoms with E-state index in [1.165, 1.54) is 11.3 Å². The van der Waals surface area contributed by atoms with Crippen molar-refractivity contribution in [2.75, 3.05) is 31.4 Å². The molecule has 0 unspecified atom stereocenters. The van der Waals surface area contributed by atoms with E-state index in [1.54, 1.807) is 32.4 Å². The van der Waals surface area contributed by atoms with Crippen molar-refractivity contribution in [3.8, 4) is 11.5 Å². The predicted molar refractivity (Wildman–Crippen MR) is 131 cm³/mol. The van der Waals surface area contributed by atoms with Gasteiger partial charge in [-0.1, -0.05) is 30.3 Å². The van der Waals surface area contributed by atoms with Crippen molar-refractivity contribution >= 4 is 33.8 Å². The molecule has 0 spiro atoms. The topological polar surface area (TPSA) is 88.7 Å². The highest BCUT2D eigenvalue weighted by molar-refractivity contribution is 7.17. The van der Waals surface area contributed by atoms with Crippen molar-refractivity contribution in [1.82, 2.24) is 5.32 Å². The number of ether oxygens (including phenoxy) is 2. The van der Waals surface area contributed by atoms with E-state index in [0.29, 0.717) is 34.3 Å². The summed E-state index contributed by atoms with van der Waals surface area (Å²) in [5, 5.41) is 9.63. The number of fused-ring (bicyclic) bond motifs is 1. The molecule has 0 aliphatic heterocycles. The first-order chi connectivity index (χ1) is 16.1. The van der Waals surface area contributed by atoms with E-state index >= 15 is 0 Å². The molecule has 0 bridgehead atoms. The highest BCUT2D eigenvalue weighted by atomic mass is 32.1. The van der Waals surface area contributed by atoms with Crippen LogP contribution < -0.4 is 25.4 Å². The molecule has 8 heteroatoms. The minimum absolute atomic E-state index is 0.158. The molecule has 7 nitrogen and oxygen atoms in total. The maximum atomic E-state index is 13.3. The molecule has 1 aromatic heterocycles. The van der Waals surface area contributed by atoms with Crippen LogP contribution in [-0.2, 0) is 24.2 Å². The fraction of sp³-hybridized carbons (Fsp3) is 0.280. The summed E-state index contributed by atoms with van der Waals surface area (Å²) in [6, 6.07) is 15.1. The van der Waals surface area contributed by atoms with E-state index in [-0.39, 0.29) is 18.4 Å². The average Bonchev–Trinajstić information content (AvgIpc) is 3.40. The van der Waals surface area contributed by atoms with Crippen LogP contribution in [0.4, 0.5) is 10.7 Å². The van der Waals surface area contributed by atoms with Crippen molar-refractivity contribution in [1.29, 1.82) is 0 Å². The molecule has 4 rings (SSSR count). The molecule has 0 atom stereocenters. The molecule has 2 amide bonds. The number of rotatable bonds is 9. The van der Waals surface area contributed by atoms with Crippen molar-refractivity contribution < 1.29 is 19.1 Å². The second-order valence-corrected chi connectivity index (χ2v) is 8.82. The van der Waals surface area contributed by atoms with E-state index in [1.807, 2.05) is 30.3 Å². The van der Waals surface area contributed by atoms with Crippen LogP contribution in [0.3, 0.4) is 0 Å². The standard InChI is InChI=1S/C25H27N3O4S/c1-31-17-11-12-19(20(13-17)32-2)27-24(30)23-18-9-6-10-21(18)33-25(23)28-22(29)15-26-14-16-7-4-3-5-8-16/h3-5,7-8,11-13,26H,6,9-10,14-15H2,1-2H3,(H,27,30)(H,28,29). The lowest BCUT2D eigenvalue weighted by Crippen LogP contribution is -2.28. The van der Waals surface area contributed by atoms with Crippen LogP contribution in [0, 0.1) is 0 Å². The molecule has 1 aliphatic rings. The summed E-state index contributed by atoms with van der Waals surface area (Å²) in [5.41, 5.74) is 3.22. The Bertz CT molecular complexity index is 1140. The Hall–Kier alpha value is -3.36. The molecular formula is C25H27N3O4S. The van der Waals surface area contributed by atoms with Crippen molar-refractivity contribution in [2.24, 2.45) is 0 Å². The summed E-state index contributed by atoms with van der Waals surface area (Å²) in [6.07, 6.45) is 2.77. The fourth-order valence-electron chi connectivity index (χ4n) is 3.91. The van der Waals surface area contributed by atoms with Gasteiger partial charge in [-0.15, -0.1) is 11.3 Å². The molecule has 0 saturated carbocycles. The largest absolute Gasteiger partial charge is 0.497 e. The van der Waals surface area contributed by atoms with Gasteiger partial charge in [0.15, 0.2) is 0 Å². The molecule has 0 radical (unpaired) electrons. The summed E-state index contributed by atoms with van der Waals surface area (Å²) >= 11 is 1.49. The number of hydrogen-bond acceptors (Lipinski definition) is 6. The molecular weight excluding hydrogens is 438 g/mol. The average molecular weight is 466 g/mol. The summed E-state index contributed by atoms with van der Waals surface area (Å²) < 4.78 is 10.6. The van der Waals surface area contributed by atoms with Gasteiger partial charge in [0.25, 0.3) is 5.91 Å². The van der Waals surface area contributed by atoms with Crippen LogP contribution >= 0.6 is 11.3 Å². The Morgan fingerprint density at radius 2 is 1.82 bits per heavy atom. The van der Waals surface area contributed by atoms with Gasteiger partial charge in [0.2, 0.25) is 5.91 Å². The third kappa shape index (κ3) is 5.35. The monoisotopic (exact) mass is 465 g/mol. The lowest BCUT2D eigenvalue weighted by Gasteiger charge is -2.13. The third-order valence-electron chi connectivity index (χ3n) is 5.52. The minimum Gasteiger partial charge on any atom is -0.497 e. The SMILES string of the molecule is COc1ccc(NC(=O)c2c(NC(=O)CNCc3ccccc3)sc3c2CCC3)c(OC)c1. The van der Waals surface area contributed by atoms with E-state index in [2.05, 4.69) is 16.0 Å². The summed E-state index contributed by atoms with van der Waals surface area (Å²) in [5.74, 6) is 0.704. The van der Waals surface area contributed by atoms with Crippen LogP contribution in [-0.4, -0.2) is 32.6 Å². The zero-order valence-electron chi connectivity index (χ0n) is 18.7. The van der Waals surface area contributed by atoms with Crippen molar-refractivity contribution in [3.05, 3.63) is 70.1 Å². The number of anilines is 2. The molecule has 0 saturated heterocycles. The van der Waals surface area contributed by atoms with Gasteiger partial charge in [0.05, 0.1) is 32.0 Å². The van der Waals surface area contributed by atoms with Crippen LogP contribution in [0.15, 0.2) is 48.5 Å². The zero-order chi connectivity index (χ0) is 23.2. The maximum Gasteiger partial charge on any atom is 0.259 e. The van der Waals surface area contributed by atoms with Gasteiger partial charge in [-0.05, 0) is 42.5 Å². The number of thiophene rings is 1. The van der Waals surface area contributed by atoms with Crippen LogP contribution in [0.5, 0.6) is 11.5 Å². The molecule has 33 heavy (non-hydrogen) atoms. The lowest BCUT2D eigenvalue weighted by molar-refractivity contribution is -0.115. The molecule has 0 fully saturated rings. The van der Waals surface area contributed by atoms with E-state index < -0.39 is 0 Å². The summed E-state index contributed by atoms with van der Waals surface area (Å²) in [6.45, 7) is 0.755. The lowest BCUT2D eigenvalue weighted by atomic mass is 10.1.